The van der Waals surface area contributed by atoms with E-state index in [1.54, 1.807) is 0 Å². The summed E-state index contributed by atoms with van der Waals surface area (Å²) in [6, 6.07) is 7.30. The van der Waals surface area contributed by atoms with Gasteiger partial charge in [0, 0.05) is 36.9 Å². The van der Waals surface area contributed by atoms with Gasteiger partial charge in [0.15, 0.2) is 5.82 Å². The molecule has 2 aromatic rings. The van der Waals surface area contributed by atoms with Crippen molar-refractivity contribution in [2.24, 2.45) is 5.92 Å². The number of hydrogen-bond acceptors (Lipinski definition) is 4. The summed E-state index contributed by atoms with van der Waals surface area (Å²) in [7, 11) is 0. The van der Waals surface area contributed by atoms with E-state index in [0.29, 0.717) is 12.1 Å². The average Bonchev–Trinajstić information content (AvgIpc) is 3.17. The maximum atomic E-state index is 12.3. The molecule has 1 unspecified atom stereocenters. The van der Waals surface area contributed by atoms with E-state index in [4.69, 9.17) is 5.11 Å². The number of urea groups is 1. The highest BCUT2D eigenvalue weighted by molar-refractivity contribution is 5.90. The van der Waals surface area contributed by atoms with Crippen molar-refractivity contribution in [1.82, 2.24) is 20.1 Å². The Morgan fingerprint density at radius 3 is 2.96 bits per heavy atom. The Bertz CT molecular complexity index is 741. The maximum Gasteiger partial charge on any atom is 0.319 e. The number of nitrogens with zero attached hydrogens (tertiary/aromatic N) is 3. The molecule has 0 saturated carbocycles. The lowest BCUT2D eigenvalue weighted by molar-refractivity contribution is 0.227. The van der Waals surface area contributed by atoms with Gasteiger partial charge in [-0.1, -0.05) is 26.0 Å². The van der Waals surface area contributed by atoms with Gasteiger partial charge in [0.1, 0.15) is 5.82 Å². The molecule has 2 heterocycles. The summed E-state index contributed by atoms with van der Waals surface area (Å²) in [4.78, 5) is 12.3. The van der Waals surface area contributed by atoms with Crippen LogP contribution in [0.15, 0.2) is 24.3 Å². The van der Waals surface area contributed by atoms with Gasteiger partial charge in [-0.2, -0.15) is 0 Å². The molecule has 7 nitrogen and oxygen atoms in total. The molecule has 3 N–H and O–H groups in total. The van der Waals surface area contributed by atoms with Crippen molar-refractivity contribution in [1.29, 1.82) is 0 Å². The van der Waals surface area contributed by atoms with Crippen LogP contribution in [0.3, 0.4) is 0 Å². The second-order valence-electron chi connectivity index (χ2n) is 6.74. The highest BCUT2D eigenvalue weighted by Gasteiger charge is 2.19. The molecule has 1 atom stereocenters. The Kier molecular flexibility index (Phi) is 5.33. The van der Waals surface area contributed by atoms with Crippen molar-refractivity contribution in [3.05, 3.63) is 30.1 Å². The monoisotopic (exact) mass is 343 g/mol. The number of nitrogens with one attached hydrogen (secondary N) is 2. The minimum absolute atomic E-state index is 0.0522. The number of benzene rings is 1. The van der Waals surface area contributed by atoms with Gasteiger partial charge in [0.2, 0.25) is 0 Å². The number of fused-ring (bicyclic) bond motifs is 1. The number of hydrogen-bond donors (Lipinski definition) is 3. The molecule has 1 aromatic carbocycles. The second kappa shape index (κ2) is 7.65. The van der Waals surface area contributed by atoms with Crippen LogP contribution in [0.2, 0.25) is 0 Å². The largest absolute Gasteiger partial charge is 0.396 e. The molecular formula is C18H25N5O2. The first-order valence-electron chi connectivity index (χ1n) is 8.79. The number of carbonyl (C=O) groups is 1. The number of anilines is 1. The molecule has 25 heavy (non-hydrogen) atoms. The van der Waals surface area contributed by atoms with Crippen molar-refractivity contribution in [2.45, 2.75) is 45.7 Å². The Hall–Kier alpha value is -2.41. The smallest absolute Gasteiger partial charge is 0.319 e. The van der Waals surface area contributed by atoms with Gasteiger partial charge in [-0.15, -0.1) is 10.2 Å². The number of carbonyl (C=O) groups excluding carboxylic acids is 1. The Balaban J connectivity index is 1.70. The van der Waals surface area contributed by atoms with Crippen LogP contribution in [-0.4, -0.2) is 38.6 Å². The van der Waals surface area contributed by atoms with Gasteiger partial charge in [0.25, 0.3) is 0 Å². The molecule has 0 spiro atoms. The van der Waals surface area contributed by atoms with Gasteiger partial charge in [-0.3, -0.25) is 0 Å². The zero-order valence-corrected chi connectivity index (χ0v) is 14.7. The second-order valence-corrected chi connectivity index (χ2v) is 6.74. The minimum atomic E-state index is -0.268. The van der Waals surface area contributed by atoms with Crippen LogP contribution in [-0.2, 0) is 13.0 Å². The molecule has 2 amide bonds. The van der Waals surface area contributed by atoms with E-state index in [2.05, 4.69) is 25.4 Å². The van der Waals surface area contributed by atoms with Gasteiger partial charge in [0.05, 0.1) is 0 Å². The highest BCUT2D eigenvalue weighted by Crippen LogP contribution is 2.25. The van der Waals surface area contributed by atoms with Gasteiger partial charge >= 0.3 is 6.03 Å². The minimum Gasteiger partial charge on any atom is -0.396 e. The summed E-state index contributed by atoms with van der Waals surface area (Å²) in [6.07, 6.45) is 2.60. The van der Waals surface area contributed by atoms with Crippen molar-refractivity contribution >= 4 is 11.7 Å². The average molecular weight is 343 g/mol. The Labute approximate surface area is 147 Å². The predicted molar refractivity (Wildman–Crippen MR) is 96.3 cm³/mol. The zero-order chi connectivity index (χ0) is 17.8. The van der Waals surface area contributed by atoms with E-state index in [1.807, 2.05) is 38.1 Å². The third kappa shape index (κ3) is 3.99. The molecule has 0 radical (unpaired) electrons. The van der Waals surface area contributed by atoms with Crippen LogP contribution in [0.5, 0.6) is 0 Å². The standard InChI is InChI=1S/C18H25N5O2/c1-12(2)15(8-10-24)20-18(25)19-14-6-3-5-13(11-14)17-22-21-16-7-4-9-23(16)17/h3,5-6,11-12,15,24H,4,7-10H2,1-2H3,(H2,19,20,25). The SMILES string of the molecule is CC(C)C(CCO)NC(=O)Nc1cccc(-c2nnc3n2CCC3)c1. The van der Waals surface area contributed by atoms with Gasteiger partial charge < -0.3 is 20.3 Å². The van der Waals surface area contributed by atoms with Crippen LogP contribution in [0.1, 0.15) is 32.5 Å². The lowest BCUT2D eigenvalue weighted by Crippen LogP contribution is -2.41. The topological polar surface area (TPSA) is 92.1 Å². The molecule has 0 saturated heterocycles. The first-order chi connectivity index (χ1) is 12.1. The van der Waals surface area contributed by atoms with Crippen LogP contribution in [0.25, 0.3) is 11.4 Å². The van der Waals surface area contributed by atoms with Crippen molar-refractivity contribution in [2.75, 3.05) is 11.9 Å². The fourth-order valence-electron chi connectivity index (χ4n) is 3.15. The van der Waals surface area contributed by atoms with E-state index in [0.717, 1.165) is 36.6 Å². The lowest BCUT2D eigenvalue weighted by Gasteiger charge is -2.21. The molecule has 0 fully saturated rings. The quantitative estimate of drug-likeness (QED) is 0.751. The molecule has 3 rings (SSSR count). The number of aromatic nitrogens is 3. The normalized spacial score (nSPS) is 14.4. The molecule has 1 aliphatic rings. The van der Waals surface area contributed by atoms with Gasteiger partial charge in [-0.05, 0) is 30.9 Å². The van der Waals surface area contributed by atoms with Crippen molar-refractivity contribution < 1.29 is 9.90 Å². The third-order valence-corrected chi connectivity index (χ3v) is 4.55. The number of aliphatic hydroxyl groups is 1. The van der Waals surface area contributed by atoms with Crippen molar-refractivity contribution in [3.63, 3.8) is 0 Å². The summed E-state index contributed by atoms with van der Waals surface area (Å²) >= 11 is 0. The molecule has 0 aliphatic carbocycles. The molecule has 7 heteroatoms. The van der Waals surface area contributed by atoms with Crippen LogP contribution in [0, 0.1) is 5.92 Å². The first kappa shape index (κ1) is 17.4. The maximum absolute atomic E-state index is 12.3. The number of rotatable bonds is 6. The third-order valence-electron chi connectivity index (χ3n) is 4.55. The fourth-order valence-corrected chi connectivity index (χ4v) is 3.15. The summed E-state index contributed by atoms with van der Waals surface area (Å²) < 4.78 is 2.13. The van der Waals surface area contributed by atoms with Crippen LogP contribution in [0.4, 0.5) is 10.5 Å². The summed E-state index contributed by atoms with van der Waals surface area (Å²) in [5.74, 6) is 2.12. The number of aliphatic hydroxyl groups excluding tert-OH is 1. The molecular weight excluding hydrogens is 318 g/mol. The number of amides is 2. The zero-order valence-electron chi connectivity index (χ0n) is 14.7. The first-order valence-corrected chi connectivity index (χ1v) is 8.79. The lowest BCUT2D eigenvalue weighted by atomic mass is 10.0. The predicted octanol–water partition coefficient (Wildman–Crippen LogP) is 2.42. The van der Waals surface area contributed by atoms with Crippen LogP contribution >= 0.6 is 0 Å². The van der Waals surface area contributed by atoms with Crippen molar-refractivity contribution in [3.8, 4) is 11.4 Å². The van der Waals surface area contributed by atoms with Crippen LogP contribution < -0.4 is 10.6 Å². The van der Waals surface area contributed by atoms with E-state index in [9.17, 15) is 4.79 Å². The molecule has 1 aliphatic heterocycles. The Morgan fingerprint density at radius 1 is 1.36 bits per heavy atom. The Morgan fingerprint density at radius 2 is 2.20 bits per heavy atom. The van der Waals surface area contributed by atoms with E-state index in [-0.39, 0.29) is 24.6 Å². The fraction of sp³-hybridized carbons (Fsp3) is 0.500. The summed E-state index contributed by atoms with van der Waals surface area (Å²) in [5.41, 5.74) is 1.64. The summed E-state index contributed by atoms with van der Waals surface area (Å²) in [5, 5.41) is 23.4. The van der Waals surface area contributed by atoms with E-state index in [1.165, 1.54) is 0 Å². The van der Waals surface area contributed by atoms with Gasteiger partial charge in [-0.25, -0.2) is 4.79 Å². The summed E-state index contributed by atoms with van der Waals surface area (Å²) in [6.45, 7) is 5.03. The molecule has 0 bridgehead atoms. The molecule has 134 valence electrons. The van der Waals surface area contributed by atoms with E-state index < -0.39 is 0 Å². The van der Waals surface area contributed by atoms with E-state index >= 15 is 0 Å². The highest BCUT2D eigenvalue weighted by atomic mass is 16.3. The molecule has 1 aromatic heterocycles. The number of aryl methyl sites for hydroxylation is 1.